The summed E-state index contributed by atoms with van der Waals surface area (Å²) in [6, 6.07) is 11.6. The van der Waals surface area contributed by atoms with Crippen LogP contribution in [-0.2, 0) is 15.7 Å². The molecular weight excluding hydrogens is 906 g/mol. The fourth-order valence-electron chi connectivity index (χ4n) is 6.47. The van der Waals surface area contributed by atoms with Crippen LogP contribution in [0.1, 0.15) is 45.8 Å². The highest BCUT2D eigenvalue weighted by molar-refractivity contribution is 6.33. The molecule has 2 aliphatic rings. The lowest BCUT2D eigenvalue weighted by Crippen LogP contribution is -2.50. The number of nitro benzene ring substituents is 2. The number of hydrogen-bond acceptors (Lipinski definition) is 15. The number of hydrogen-bond donors (Lipinski definition) is 2. The first-order chi connectivity index (χ1) is 31.3. The molecule has 6 rings (SSSR count). The highest BCUT2D eigenvalue weighted by atomic mass is 35.5. The van der Waals surface area contributed by atoms with Crippen molar-refractivity contribution in [3.63, 3.8) is 0 Å². The third-order valence-corrected chi connectivity index (χ3v) is 9.93. The average Bonchev–Trinajstić information content (AvgIpc) is 3.29. The Labute approximate surface area is 376 Å². The van der Waals surface area contributed by atoms with Crippen molar-refractivity contribution in [1.82, 2.24) is 19.8 Å². The molecule has 0 bridgehead atoms. The predicted molar refractivity (Wildman–Crippen MR) is 227 cm³/mol. The molecule has 66 heavy (non-hydrogen) atoms. The quantitative estimate of drug-likeness (QED) is 0.0723. The van der Waals surface area contributed by atoms with E-state index in [1.165, 1.54) is 47.2 Å². The lowest BCUT2D eigenvalue weighted by atomic mass is 10.1. The highest BCUT2D eigenvalue weighted by Crippen LogP contribution is 2.35. The SMILES string of the molecule is CCOC(=O)c1cc(C#N)c(N2CCN(C(=O)Nc3ccc(F)c([N+](=O)[O-])c3)CC2)nc1C(F)(F)F.CCOC(=O)c1cnc(N2CCN(C(=O)Nc3cccc([N+](=O)[O-])c3)CC2)c(Cl)c1. The number of benzene rings is 2. The van der Waals surface area contributed by atoms with Gasteiger partial charge in [-0.15, -0.1) is 0 Å². The summed E-state index contributed by atoms with van der Waals surface area (Å²) in [5.41, 5.74) is -2.94. The van der Waals surface area contributed by atoms with Crippen molar-refractivity contribution in [3.8, 4) is 6.07 Å². The molecule has 4 heterocycles. The van der Waals surface area contributed by atoms with Crippen LogP contribution < -0.4 is 20.4 Å². The predicted octanol–water partition coefficient (Wildman–Crippen LogP) is 6.72. The number of nitrogens with zero attached hydrogens (tertiary/aromatic N) is 9. The van der Waals surface area contributed by atoms with Gasteiger partial charge in [0, 0.05) is 88.1 Å². The number of carbonyl (C=O) groups excluding carboxylic acids is 4. The highest BCUT2D eigenvalue weighted by Gasteiger charge is 2.40. The van der Waals surface area contributed by atoms with E-state index >= 15 is 0 Å². The second kappa shape index (κ2) is 21.7. The van der Waals surface area contributed by atoms with Gasteiger partial charge in [0.25, 0.3) is 5.69 Å². The zero-order valence-electron chi connectivity index (χ0n) is 34.8. The Balaban J connectivity index is 0.000000251. The summed E-state index contributed by atoms with van der Waals surface area (Å²) < 4.78 is 63.9. The molecule has 2 aliphatic heterocycles. The Morgan fingerprint density at radius 3 is 1.88 bits per heavy atom. The molecule has 0 spiro atoms. The molecule has 4 amide bonds. The van der Waals surface area contributed by atoms with Gasteiger partial charge in [-0.1, -0.05) is 17.7 Å². The maximum atomic E-state index is 13.6. The monoisotopic (exact) mass is 943 g/mol. The van der Waals surface area contributed by atoms with Crippen LogP contribution in [0.2, 0.25) is 5.02 Å². The fraction of sp³-hybridized carbons (Fsp3) is 0.325. The summed E-state index contributed by atoms with van der Waals surface area (Å²) in [5.74, 6) is -2.58. The van der Waals surface area contributed by atoms with Gasteiger partial charge in [-0.05, 0) is 44.2 Å². The van der Waals surface area contributed by atoms with E-state index in [0.29, 0.717) is 42.7 Å². The Morgan fingerprint density at radius 1 is 0.803 bits per heavy atom. The number of non-ortho nitro benzene ring substituents is 1. The standard InChI is InChI=1S/C21H18F4N6O5.C19H20ClN5O5/c1-2-36-19(32)14-9-12(11-26)18(28-17(14)21(23,24)25)29-5-7-30(8-6-29)20(33)27-13-3-4-15(22)16(10-13)31(34)35;1-2-30-18(26)13-10-16(20)17(21-12-13)23-6-8-24(9-7-23)19(27)22-14-4-3-5-15(11-14)25(28)29/h3-4,9-10H,2,5-8H2,1H3,(H,27,33);3-5,10-12H,2,6-9H2,1H3,(H,22,27). The number of piperazine rings is 2. The summed E-state index contributed by atoms with van der Waals surface area (Å²) in [6.45, 7) is 5.04. The molecule has 26 heteroatoms. The first-order valence-corrected chi connectivity index (χ1v) is 20.0. The summed E-state index contributed by atoms with van der Waals surface area (Å²) in [6.07, 6.45) is -3.58. The largest absolute Gasteiger partial charge is 0.462 e. The minimum atomic E-state index is -5.00. The van der Waals surface area contributed by atoms with Gasteiger partial charge in [0.15, 0.2) is 5.69 Å². The maximum absolute atomic E-state index is 13.6. The number of pyridine rings is 2. The van der Waals surface area contributed by atoms with E-state index in [-0.39, 0.29) is 73.7 Å². The smallest absolute Gasteiger partial charge is 0.434 e. The molecular formula is C40H38ClF4N11O10. The van der Waals surface area contributed by atoms with Crippen LogP contribution in [0.25, 0.3) is 0 Å². The van der Waals surface area contributed by atoms with Crippen LogP contribution >= 0.6 is 11.6 Å². The van der Waals surface area contributed by atoms with Gasteiger partial charge in [0.2, 0.25) is 5.82 Å². The van der Waals surface area contributed by atoms with Gasteiger partial charge < -0.3 is 39.7 Å². The van der Waals surface area contributed by atoms with Gasteiger partial charge in [0.1, 0.15) is 17.7 Å². The molecule has 2 N–H and O–H groups in total. The van der Waals surface area contributed by atoms with Gasteiger partial charge in [-0.25, -0.2) is 29.1 Å². The second-order valence-electron chi connectivity index (χ2n) is 13.9. The number of carbonyl (C=O) groups is 4. The fourth-order valence-corrected chi connectivity index (χ4v) is 6.76. The topological polar surface area (TPSA) is 260 Å². The number of amides is 4. The maximum Gasteiger partial charge on any atom is 0.434 e. The molecule has 2 fully saturated rings. The van der Waals surface area contributed by atoms with Crippen molar-refractivity contribution in [1.29, 1.82) is 5.26 Å². The summed E-state index contributed by atoms with van der Waals surface area (Å²) in [5, 5.41) is 36.6. The number of ether oxygens (including phenoxy) is 2. The van der Waals surface area contributed by atoms with Crippen molar-refractivity contribution < 1.29 is 56.1 Å². The van der Waals surface area contributed by atoms with Crippen molar-refractivity contribution >= 4 is 70.0 Å². The van der Waals surface area contributed by atoms with Crippen LogP contribution in [0.15, 0.2) is 60.8 Å². The van der Waals surface area contributed by atoms with E-state index in [1.807, 2.05) is 4.90 Å². The zero-order chi connectivity index (χ0) is 48.3. The van der Waals surface area contributed by atoms with Gasteiger partial charge in [-0.3, -0.25) is 20.2 Å². The molecule has 348 valence electrons. The van der Waals surface area contributed by atoms with E-state index in [0.717, 1.165) is 24.3 Å². The lowest BCUT2D eigenvalue weighted by Gasteiger charge is -2.36. The molecule has 2 saturated heterocycles. The molecule has 4 aromatic rings. The normalized spacial score (nSPS) is 13.7. The van der Waals surface area contributed by atoms with Crippen molar-refractivity contribution in [2.24, 2.45) is 0 Å². The van der Waals surface area contributed by atoms with E-state index < -0.39 is 56.8 Å². The lowest BCUT2D eigenvalue weighted by molar-refractivity contribution is -0.387. The number of esters is 2. The third-order valence-electron chi connectivity index (χ3n) is 9.65. The molecule has 0 unspecified atom stereocenters. The van der Waals surface area contributed by atoms with Crippen LogP contribution in [-0.4, -0.2) is 119 Å². The molecule has 2 aromatic carbocycles. The van der Waals surface area contributed by atoms with Crippen LogP contribution in [0, 0.1) is 37.4 Å². The number of nitro groups is 2. The molecule has 0 radical (unpaired) electrons. The first kappa shape index (κ1) is 49.1. The minimum Gasteiger partial charge on any atom is -0.462 e. The van der Waals surface area contributed by atoms with E-state index in [4.69, 9.17) is 16.3 Å². The molecule has 21 nitrogen and oxygen atoms in total. The first-order valence-electron chi connectivity index (χ1n) is 19.7. The Morgan fingerprint density at radius 2 is 1.36 bits per heavy atom. The Hall–Kier alpha value is -7.88. The Bertz CT molecular complexity index is 2550. The molecule has 0 atom stereocenters. The number of nitriles is 1. The molecule has 2 aromatic heterocycles. The third kappa shape index (κ3) is 12.2. The summed E-state index contributed by atoms with van der Waals surface area (Å²) >= 11 is 6.29. The number of alkyl halides is 3. The van der Waals surface area contributed by atoms with Crippen molar-refractivity contribution in [3.05, 3.63) is 114 Å². The van der Waals surface area contributed by atoms with Crippen molar-refractivity contribution in [2.45, 2.75) is 20.0 Å². The van der Waals surface area contributed by atoms with Crippen LogP contribution in [0.5, 0.6) is 0 Å². The van der Waals surface area contributed by atoms with E-state index in [2.05, 4.69) is 25.3 Å². The van der Waals surface area contributed by atoms with E-state index in [9.17, 15) is 62.2 Å². The number of urea groups is 2. The van der Waals surface area contributed by atoms with Gasteiger partial charge >= 0.3 is 35.9 Å². The number of nitrogens with one attached hydrogen (secondary N) is 2. The summed E-state index contributed by atoms with van der Waals surface area (Å²) in [7, 11) is 0. The Kier molecular flexibility index (Phi) is 16.1. The second-order valence-corrected chi connectivity index (χ2v) is 14.3. The number of anilines is 4. The number of halogens is 5. The molecule has 0 aliphatic carbocycles. The average molecular weight is 944 g/mol. The molecule has 0 saturated carbocycles. The van der Waals surface area contributed by atoms with Gasteiger partial charge in [0.05, 0.1) is 44.8 Å². The van der Waals surface area contributed by atoms with Gasteiger partial charge in [-0.2, -0.15) is 22.8 Å². The van der Waals surface area contributed by atoms with E-state index in [1.54, 1.807) is 24.0 Å². The number of rotatable bonds is 10. The van der Waals surface area contributed by atoms with Crippen LogP contribution in [0.4, 0.5) is 61.5 Å². The number of aromatic nitrogens is 2. The summed E-state index contributed by atoms with van der Waals surface area (Å²) in [4.78, 5) is 83.1. The zero-order valence-corrected chi connectivity index (χ0v) is 35.6. The van der Waals surface area contributed by atoms with Crippen molar-refractivity contribution in [2.75, 3.05) is 86.0 Å². The minimum absolute atomic E-state index is 0.00263. The van der Waals surface area contributed by atoms with Crippen LogP contribution in [0.3, 0.4) is 0 Å².